The van der Waals surface area contributed by atoms with Gasteiger partial charge in [0.15, 0.2) is 0 Å². The summed E-state index contributed by atoms with van der Waals surface area (Å²) in [5.74, 6) is -1.34. The number of thiophene rings is 1. The van der Waals surface area contributed by atoms with E-state index >= 15 is 0 Å². The maximum atomic E-state index is 12.3. The number of carbonyl (C=O) groups excluding carboxylic acids is 3. The van der Waals surface area contributed by atoms with E-state index in [0.29, 0.717) is 23.5 Å². The van der Waals surface area contributed by atoms with E-state index in [-0.39, 0.29) is 16.3 Å². The fraction of sp³-hybridized carbons (Fsp3) is 0.588. The first-order valence-electron chi connectivity index (χ1n) is 8.38. The molecule has 26 heavy (non-hydrogen) atoms. The maximum absolute atomic E-state index is 12.3. The Labute approximate surface area is 157 Å². The van der Waals surface area contributed by atoms with Crippen LogP contribution in [0.15, 0.2) is 0 Å². The normalized spacial score (nSPS) is 15.5. The molecule has 1 aliphatic heterocycles. The van der Waals surface area contributed by atoms with Crippen molar-refractivity contribution in [1.29, 1.82) is 0 Å². The number of hydrogen-bond acceptors (Lipinski definition) is 8. The molecule has 1 aromatic heterocycles. The van der Waals surface area contributed by atoms with Gasteiger partial charge in [0.05, 0.1) is 19.8 Å². The second kappa shape index (κ2) is 9.11. The molecule has 0 saturated carbocycles. The summed E-state index contributed by atoms with van der Waals surface area (Å²) < 4.78 is 9.52. The van der Waals surface area contributed by atoms with E-state index in [9.17, 15) is 14.4 Å². The third-order valence-corrected chi connectivity index (χ3v) is 5.60. The van der Waals surface area contributed by atoms with Crippen LogP contribution in [0.25, 0.3) is 0 Å². The lowest BCUT2D eigenvalue weighted by Crippen LogP contribution is -2.45. The number of piperazine rings is 1. The molecular formula is C17H25N3O5S. The highest BCUT2D eigenvalue weighted by Crippen LogP contribution is 2.34. The predicted molar refractivity (Wildman–Crippen MR) is 98.9 cm³/mol. The van der Waals surface area contributed by atoms with E-state index in [4.69, 9.17) is 9.47 Å². The molecular weight excluding hydrogens is 358 g/mol. The standard InChI is InChI=1S/C17H25N3O5S/c1-11-13(16(22)24-3)15(26-14(11)17(23)25-4)18-12(21)5-6-20-9-7-19(2)8-10-20/h5-10H2,1-4H3,(H,18,21). The number of amides is 1. The van der Waals surface area contributed by atoms with Gasteiger partial charge in [0.2, 0.25) is 5.91 Å². The van der Waals surface area contributed by atoms with Gasteiger partial charge in [-0.3, -0.25) is 4.79 Å². The Morgan fingerprint density at radius 1 is 1.08 bits per heavy atom. The smallest absolute Gasteiger partial charge is 0.348 e. The molecule has 1 aromatic rings. The fourth-order valence-corrected chi connectivity index (χ4v) is 3.89. The van der Waals surface area contributed by atoms with Crippen molar-refractivity contribution in [3.05, 3.63) is 16.0 Å². The molecule has 2 rings (SSSR count). The zero-order valence-corrected chi connectivity index (χ0v) is 16.4. The van der Waals surface area contributed by atoms with Crippen molar-refractivity contribution in [2.45, 2.75) is 13.3 Å². The Hall–Kier alpha value is -1.97. The molecule has 2 heterocycles. The lowest BCUT2D eigenvalue weighted by Gasteiger charge is -2.32. The monoisotopic (exact) mass is 383 g/mol. The lowest BCUT2D eigenvalue weighted by atomic mass is 10.1. The number of rotatable bonds is 6. The highest BCUT2D eigenvalue weighted by molar-refractivity contribution is 7.18. The molecule has 1 amide bonds. The number of nitrogens with one attached hydrogen (secondary N) is 1. The average Bonchev–Trinajstić information content (AvgIpc) is 2.96. The summed E-state index contributed by atoms with van der Waals surface area (Å²) in [6, 6.07) is 0. The molecule has 144 valence electrons. The molecule has 0 spiro atoms. The van der Waals surface area contributed by atoms with E-state index in [2.05, 4.69) is 22.2 Å². The molecule has 1 saturated heterocycles. The number of ether oxygens (including phenoxy) is 2. The molecule has 0 radical (unpaired) electrons. The van der Waals surface area contributed by atoms with Crippen molar-refractivity contribution in [2.75, 3.05) is 59.3 Å². The van der Waals surface area contributed by atoms with E-state index in [1.54, 1.807) is 6.92 Å². The van der Waals surface area contributed by atoms with Gasteiger partial charge in [-0.15, -0.1) is 11.3 Å². The Bertz CT molecular complexity index is 680. The largest absolute Gasteiger partial charge is 0.465 e. The van der Waals surface area contributed by atoms with Gasteiger partial charge in [-0.2, -0.15) is 0 Å². The van der Waals surface area contributed by atoms with Crippen molar-refractivity contribution >= 4 is 34.2 Å². The lowest BCUT2D eigenvalue weighted by molar-refractivity contribution is -0.116. The number of carbonyl (C=O) groups is 3. The van der Waals surface area contributed by atoms with Crippen molar-refractivity contribution in [1.82, 2.24) is 9.80 Å². The van der Waals surface area contributed by atoms with Crippen LogP contribution in [0.3, 0.4) is 0 Å². The van der Waals surface area contributed by atoms with Gasteiger partial charge in [0, 0.05) is 39.1 Å². The minimum Gasteiger partial charge on any atom is -0.465 e. The number of likely N-dealkylation sites (N-methyl/N-ethyl adjacent to an activating group) is 1. The first-order valence-corrected chi connectivity index (χ1v) is 9.19. The summed E-state index contributed by atoms with van der Waals surface area (Å²) in [6.07, 6.45) is 0.314. The summed E-state index contributed by atoms with van der Waals surface area (Å²) in [4.78, 5) is 41.0. The van der Waals surface area contributed by atoms with E-state index in [0.717, 1.165) is 37.5 Å². The quantitative estimate of drug-likeness (QED) is 0.739. The van der Waals surface area contributed by atoms with Crippen LogP contribution in [0.4, 0.5) is 5.00 Å². The Kier molecular flexibility index (Phi) is 7.13. The Morgan fingerprint density at radius 2 is 1.69 bits per heavy atom. The summed E-state index contributed by atoms with van der Waals surface area (Å²) in [6.45, 7) is 6.13. The van der Waals surface area contributed by atoms with Gasteiger partial charge >= 0.3 is 11.9 Å². The van der Waals surface area contributed by atoms with Crippen LogP contribution in [0.5, 0.6) is 0 Å². The van der Waals surface area contributed by atoms with Crippen LogP contribution < -0.4 is 5.32 Å². The van der Waals surface area contributed by atoms with Gasteiger partial charge in [0.1, 0.15) is 9.88 Å². The van der Waals surface area contributed by atoms with Crippen LogP contribution in [0.1, 0.15) is 32.0 Å². The van der Waals surface area contributed by atoms with Gasteiger partial charge in [-0.25, -0.2) is 9.59 Å². The van der Waals surface area contributed by atoms with Gasteiger partial charge in [-0.1, -0.05) is 0 Å². The number of methoxy groups -OCH3 is 2. The van der Waals surface area contributed by atoms with Gasteiger partial charge < -0.3 is 24.6 Å². The van der Waals surface area contributed by atoms with E-state index in [1.165, 1.54) is 14.2 Å². The average molecular weight is 383 g/mol. The Balaban J connectivity index is 2.06. The second-order valence-electron chi connectivity index (χ2n) is 6.19. The highest BCUT2D eigenvalue weighted by atomic mass is 32.1. The fourth-order valence-electron chi connectivity index (χ4n) is 2.76. The van der Waals surface area contributed by atoms with Crippen LogP contribution in [-0.2, 0) is 14.3 Å². The zero-order valence-electron chi connectivity index (χ0n) is 15.6. The Morgan fingerprint density at radius 3 is 2.27 bits per heavy atom. The number of hydrogen-bond donors (Lipinski definition) is 1. The summed E-state index contributed by atoms with van der Waals surface area (Å²) in [5, 5.41) is 3.07. The van der Waals surface area contributed by atoms with Crippen LogP contribution in [0.2, 0.25) is 0 Å². The second-order valence-corrected chi connectivity index (χ2v) is 7.21. The first kappa shape index (κ1) is 20.3. The third kappa shape index (κ3) is 4.80. The van der Waals surface area contributed by atoms with Crippen molar-refractivity contribution < 1.29 is 23.9 Å². The topological polar surface area (TPSA) is 88.2 Å². The maximum Gasteiger partial charge on any atom is 0.348 e. The number of nitrogens with zero attached hydrogens (tertiary/aromatic N) is 2. The minimum atomic E-state index is -0.594. The minimum absolute atomic E-state index is 0.200. The molecule has 8 nitrogen and oxygen atoms in total. The molecule has 0 bridgehead atoms. The van der Waals surface area contributed by atoms with Crippen LogP contribution >= 0.6 is 11.3 Å². The van der Waals surface area contributed by atoms with Crippen molar-refractivity contribution in [3.63, 3.8) is 0 Å². The third-order valence-electron chi connectivity index (χ3n) is 4.41. The number of anilines is 1. The summed E-state index contributed by atoms with van der Waals surface area (Å²) in [5.41, 5.74) is 0.647. The van der Waals surface area contributed by atoms with E-state index < -0.39 is 11.9 Å². The van der Waals surface area contributed by atoms with Crippen LogP contribution in [0, 0.1) is 6.92 Å². The molecule has 1 fully saturated rings. The summed E-state index contributed by atoms with van der Waals surface area (Å²) in [7, 11) is 4.61. The molecule has 1 N–H and O–H groups in total. The molecule has 1 aliphatic rings. The van der Waals surface area contributed by atoms with Gasteiger partial charge in [-0.05, 0) is 19.5 Å². The molecule has 9 heteroatoms. The van der Waals surface area contributed by atoms with Crippen LogP contribution in [-0.4, -0.2) is 81.6 Å². The van der Waals surface area contributed by atoms with Gasteiger partial charge in [0.25, 0.3) is 0 Å². The zero-order chi connectivity index (χ0) is 19.3. The molecule has 0 unspecified atom stereocenters. The molecule has 0 aromatic carbocycles. The van der Waals surface area contributed by atoms with E-state index in [1.807, 2.05) is 0 Å². The van der Waals surface area contributed by atoms with Crippen molar-refractivity contribution in [2.24, 2.45) is 0 Å². The molecule has 0 aliphatic carbocycles. The predicted octanol–water partition coefficient (Wildman–Crippen LogP) is 1.21. The molecule has 0 atom stereocenters. The summed E-state index contributed by atoms with van der Waals surface area (Å²) >= 11 is 1.02. The highest BCUT2D eigenvalue weighted by Gasteiger charge is 2.26. The number of esters is 2. The SMILES string of the molecule is COC(=O)c1sc(NC(=O)CCN2CCN(C)CC2)c(C(=O)OC)c1C. The first-order chi connectivity index (χ1) is 12.4. The van der Waals surface area contributed by atoms with Crippen molar-refractivity contribution in [3.8, 4) is 0 Å².